The Morgan fingerprint density at radius 2 is 1.94 bits per heavy atom. The lowest BCUT2D eigenvalue weighted by Crippen LogP contribution is -2.19. The van der Waals surface area contributed by atoms with E-state index in [0.29, 0.717) is 29.3 Å². The van der Waals surface area contributed by atoms with Crippen molar-refractivity contribution in [3.05, 3.63) is 71.4 Å². The molecule has 0 aliphatic heterocycles. The van der Waals surface area contributed by atoms with Crippen molar-refractivity contribution in [2.24, 2.45) is 7.05 Å². The molecule has 0 fully saturated rings. The average molecular weight is 433 g/mol. The number of methoxy groups -OCH3 is 1. The molecule has 7 heteroatoms. The van der Waals surface area contributed by atoms with Gasteiger partial charge in [0, 0.05) is 62.9 Å². The minimum absolute atomic E-state index is 0.174. The summed E-state index contributed by atoms with van der Waals surface area (Å²) in [5.74, 6) is 7.07. The van der Waals surface area contributed by atoms with Crippen LogP contribution in [0.5, 0.6) is 5.75 Å². The molecule has 0 radical (unpaired) electrons. The van der Waals surface area contributed by atoms with Gasteiger partial charge < -0.3 is 19.7 Å². The largest absolute Gasteiger partial charge is 0.488 e. The van der Waals surface area contributed by atoms with Crippen molar-refractivity contribution in [1.29, 1.82) is 0 Å². The van der Waals surface area contributed by atoms with Crippen molar-refractivity contribution < 1.29 is 14.3 Å². The molecule has 0 spiro atoms. The maximum atomic E-state index is 12.8. The number of hydrogen-bond acceptors (Lipinski definition) is 5. The van der Waals surface area contributed by atoms with Crippen molar-refractivity contribution in [3.63, 3.8) is 0 Å². The first-order chi connectivity index (χ1) is 15.3. The van der Waals surface area contributed by atoms with Gasteiger partial charge in [-0.1, -0.05) is 17.9 Å². The third-order valence-electron chi connectivity index (χ3n) is 4.58. The summed E-state index contributed by atoms with van der Waals surface area (Å²) in [5, 5.41) is 7.00. The number of aromatic nitrogens is 2. The predicted octanol–water partition coefficient (Wildman–Crippen LogP) is 3.55. The molecule has 0 unspecified atom stereocenters. The van der Waals surface area contributed by atoms with Crippen LogP contribution in [0.1, 0.15) is 28.4 Å². The number of nitrogens with one attached hydrogen (secondary N) is 1. The number of amides is 1. The van der Waals surface area contributed by atoms with Gasteiger partial charge in [0.25, 0.3) is 5.91 Å². The molecule has 32 heavy (non-hydrogen) atoms. The molecule has 1 atom stereocenters. The first kappa shape index (κ1) is 22.9. The SMILES string of the molecule is COC[C@H](C)Oc1cc(C#Cc2cccc(N(C)C)c2)cc(C(=O)Nc2ccn(C)n2)c1. The number of carbonyl (C=O) groups is 1. The number of nitrogens with zero attached hydrogens (tertiary/aromatic N) is 3. The Kier molecular flexibility index (Phi) is 7.53. The van der Waals surface area contributed by atoms with E-state index >= 15 is 0 Å². The fraction of sp³-hybridized carbons (Fsp3) is 0.280. The van der Waals surface area contributed by atoms with E-state index in [9.17, 15) is 4.79 Å². The van der Waals surface area contributed by atoms with Crippen LogP contribution in [0.25, 0.3) is 0 Å². The van der Waals surface area contributed by atoms with Crippen molar-refractivity contribution in [3.8, 4) is 17.6 Å². The lowest BCUT2D eigenvalue weighted by molar-refractivity contribution is 0.0917. The maximum Gasteiger partial charge on any atom is 0.257 e. The number of anilines is 2. The van der Waals surface area contributed by atoms with E-state index in [1.54, 1.807) is 43.2 Å². The number of rotatable bonds is 7. The number of hydrogen-bond donors (Lipinski definition) is 1. The van der Waals surface area contributed by atoms with Gasteiger partial charge in [-0.15, -0.1) is 0 Å². The zero-order chi connectivity index (χ0) is 23.1. The number of benzene rings is 2. The summed E-state index contributed by atoms with van der Waals surface area (Å²) in [4.78, 5) is 14.9. The van der Waals surface area contributed by atoms with Crippen LogP contribution in [-0.2, 0) is 11.8 Å². The second-order valence-corrected chi connectivity index (χ2v) is 7.65. The van der Waals surface area contributed by atoms with Crippen LogP contribution in [-0.4, -0.2) is 49.6 Å². The van der Waals surface area contributed by atoms with Crippen molar-refractivity contribution in [1.82, 2.24) is 9.78 Å². The normalized spacial score (nSPS) is 11.3. The monoisotopic (exact) mass is 432 g/mol. The van der Waals surface area contributed by atoms with Crippen LogP contribution < -0.4 is 15.0 Å². The van der Waals surface area contributed by atoms with E-state index in [-0.39, 0.29) is 12.0 Å². The van der Waals surface area contributed by atoms with Crippen LogP contribution in [0.4, 0.5) is 11.5 Å². The quantitative estimate of drug-likeness (QED) is 0.579. The second kappa shape index (κ2) is 10.5. The van der Waals surface area contributed by atoms with Gasteiger partial charge in [-0.05, 0) is 43.3 Å². The van der Waals surface area contributed by atoms with Crippen molar-refractivity contribution in [2.45, 2.75) is 13.0 Å². The van der Waals surface area contributed by atoms with Gasteiger partial charge in [0.2, 0.25) is 0 Å². The molecule has 3 rings (SSSR count). The lowest BCUT2D eigenvalue weighted by atomic mass is 10.1. The number of ether oxygens (including phenoxy) is 2. The minimum Gasteiger partial charge on any atom is -0.488 e. The molecule has 0 aliphatic rings. The predicted molar refractivity (Wildman–Crippen MR) is 126 cm³/mol. The summed E-state index contributed by atoms with van der Waals surface area (Å²) in [7, 11) is 7.39. The van der Waals surface area contributed by atoms with Crippen LogP contribution in [0.15, 0.2) is 54.7 Å². The Hall–Kier alpha value is -3.76. The maximum absolute atomic E-state index is 12.8. The van der Waals surface area contributed by atoms with Crippen molar-refractivity contribution in [2.75, 3.05) is 38.0 Å². The minimum atomic E-state index is -0.286. The summed E-state index contributed by atoms with van der Waals surface area (Å²) in [6.45, 7) is 2.34. The molecule has 3 aromatic rings. The van der Waals surface area contributed by atoms with E-state index in [2.05, 4.69) is 22.3 Å². The Bertz CT molecular complexity index is 1140. The Morgan fingerprint density at radius 3 is 2.62 bits per heavy atom. The molecule has 7 nitrogen and oxygen atoms in total. The third kappa shape index (κ3) is 6.37. The summed E-state index contributed by atoms with van der Waals surface area (Å²) in [6.07, 6.45) is 1.59. The fourth-order valence-electron chi connectivity index (χ4n) is 3.05. The third-order valence-corrected chi connectivity index (χ3v) is 4.58. The fourth-order valence-corrected chi connectivity index (χ4v) is 3.05. The van der Waals surface area contributed by atoms with E-state index in [1.807, 2.05) is 56.3 Å². The van der Waals surface area contributed by atoms with E-state index in [0.717, 1.165) is 11.3 Å². The molecule has 0 aliphatic carbocycles. The molecule has 1 aromatic heterocycles. The van der Waals surface area contributed by atoms with Gasteiger partial charge in [0.05, 0.1) is 6.61 Å². The molecule has 0 bridgehead atoms. The highest BCUT2D eigenvalue weighted by atomic mass is 16.5. The van der Waals surface area contributed by atoms with Crippen LogP contribution in [0, 0.1) is 11.8 Å². The van der Waals surface area contributed by atoms with Gasteiger partial charge in [0.15, 0.2) is 5.82 Å². The molecular formula is C25H28N4O3. The zero-order valence-corrected chi connectivity index (χ0v) is 19.0. The van der Waals surface area contributed by atoms with Crippen LogP contribution in [0.3, 0.4) is 0 Å². The highest BCUT2D eigenvalue weighted by Gasteiger charge is 2.12. The number of aryl methyl sites for hydroxylation is 1. The van der Waals surface area contributed by atoms with Crippen LogP contribution in [0.2, 0.25) is 0 Å². The van der Waals surface area contributed by atoms with E-state index in [1.165, 1.54) is 0 Å². The molecule has 0 saturated carbocycles. The van der Waals surface area contributed by atoms with E-state index < -0.39 is 0 Å². The average Bonchev–Trinajstić information content (AvgIpc) is 3.17. The second-order valence-electron chi connectivity index (χ2n) is 7.65. The molecule has 0 saturated heterocycles. The Morgan fingerprint density at radius 1 is 1.16 bits per heavy atom. The Balaban J connectivity index is 1.91. The van der Waals surface area contributed by atoms with Gasteiger partial charge in [-0.2, -0.15) is 5.10 Å². The number of carbonyl (C=O) groups excluding carboxylic acids is 1. The van der Waals surface area contributed by atoms with Crippen LogP contribution >= 0.6 is 0 Å². The Labute approximate surface area is 188 Å². The standard InChI is InChI=1S/C25H28N4O3/c1-18(17-31-5)32-23-15-20(10-9-19-7-6-8-22(14-19)28(2)3)13-21(16-23)25(30)26-24-11-12-29(4)27-24/h6-8,11-16,18H,17H2,1-5H3,(H,26,27,30)/t18-/m0/s1. The molecular weight excluding hydrogens is 404 g/mol. The molecule has 2 aromatic carbocycles. The van der Waals surface area contributed by atoms with Gasteiger partial charge in [-0.3, -0.25) is 9.48 Å². The molecule has 1 N–H and O–H groups in total. The van der Waals surface area contributed by atoms with Gasteiger partial charge in [0.1, 0.15) is 11.9 Å². The van der Waals surface area contributed by atoms with Gasteiger partial charge >= 0.3 is 0 Å². The first-order valence-electron chi connectivity index (χ1n) is 10.2. The van der Waals surface area contributed by atoms with Gasteiger partial charge in [-0.25, -0.2) is 0 Å². The summed E-state index contributed by atoms with van der Waals surface area (Å²) in [6, 6.07) is 15.0. The topological polar surface area (TPSA) is 68.6 Å². The highest BCUT2D eigenvalue weighted by molar-refractivity contribution is 6.04. The molecule has 1 amide bonds. The zero-order valence-electron chi connectivity index (χ0n) is 19.0. The molecule has 1 heterocycles. The molecule has 166 valence electrons. The first-order valence-corrected chi connectivity index (χ1v) is 10.2. The summed E-state index contributed by atoms with van der Waals surface area (Å²) < 4.78 is 12.7. The highest BCUT2D eigenvalue weighted by Crippen LogP contribution is 2.20. The lowest BCUT2D eigenvalue weighted by Gasteiger charge is -2.15. The smallest absolute Gasteiger partial charge is 0.257 e. The van der Waals surface area contributed by atoms with E-state index in [4.69, 9.17) is 9.47 Å². The van der Waals surface area contributed by atoms with Crippen molar-refractivity contribution >= 4 is 17.4 Å². The summed E-state index contributed by atoms with van der Waals surface area (Å²) in [5.41, 5.74) is 3.06. The summed E-state index contributed by atoms with van der Waals surface area (Å²) >= 11 is 0.